The monoisotopic (exact) mass is 376 g/mol. The Morgan fingerprint density at radius 2 is 1.90 bits per heavy atom. The first kappa shape index (κ1) is 15.1. The van der Waals surface area contributed by atoms with E-state index < -0.39 is 11.7 Å². The topological polar surface area (TPSA) is 55.1 Å². The zero-order chi connectivity index (χ0) is 14.9. The second-order valence-corrected chi connectivity index (χ2v) is 5.61. The van der Waals surface area contributed by atoms with Crippen LogP contribution in [0.25, 0.3) is 0 Å². The SMILES string of the molecule is Nc1ccc(C(=O)Nc2c(Cl)cc(F)cc2Br)c(Cl)c1. The van der Waals surface area contributed by atoms with Gasteiger partial charge in [0.1, 0.15) is 5.82 Å². The molecule has 7 heteroatoms. The highest BCUT2D eigenvalue weighted by molar-refractivity contribution is 9.10. The number of rotatable bonds is 2. The van der Waals surface area contributed by atoms with Crippen LogP contribution in [-0.4, -0.2) is 5.91 Å². The fourth-order valence-electron chi connectivity index (χ4n) is 1.56. The van der Waals surface area contributed by atoms with E-state index in [1.165, 1.54) is 18.2 Å². The molecule has 0 atom stereocenters. The normalized spacial score (nSPS) is 10.4. The van der Waals surface area contributed by atoms with E-state index >= 15 is 0 Å². The molecule has 2 aromatic carbocycles. The number of nitrogen functional groups attached to an aromatic ring is 1. The first-order valence-corrected chi connectivity index (χ1v) is 6.94. The summed E-state index contributed by atoms with van der Waals surface area (Å²) < 4.78 is 13.5. The van der Waals surface area contributed by atoms with Gasteiger partial charge >= 0.3 is 0 Å². The Labute approximate surface area is 133 Å². The van der Waals surface area contributed by atoms with Crippen molar-refractivity contribution in [1.29, 1.82) is 0 Å². The van der Waals surface area contributed by atoms with Crippen molar-refractivity contribution in [1.82, 2.24) is 0 Å². The minimum atomic E-state index is -0.509. The van der Waals surface area contributed by atoms with Gasteiger partial charge in [-0.15, -0.1) is 0 Å². The van der Waals surface area contributed by atoms with Gasteiger partial charge in [0, 0.05) is 10.2 Å². The molecule has 0 unspecified atom stereocenters. The Balaban J connectivity index is 2.33. The molecule has 2 rings (SSSR count). The molecule has 3 nitrogen and oxygen atoms in total. The highest BCUT2D eigenvalue weighted by Crippen LogP contribution is 2.32. The predicted molar refractivity (Wildman–Crippen MR) is 82.9 cm³/mol. The fraction of sp³-hybridized carbons (Fsp3) is 0. The van der Waals surface area contributed by atoms with E-state index in [-0.39, 0.29) is 21.3 Å². The van der Waals surface area contributed by atoms with E-state index in [0.29, 0.717) is 10.2 Å². The fourth-order valence-corrected chi connectivity index (χ4v) is 2.73. The number of nitrogens with one attached hydrogen (secondary N) is 1. The first-order chi connectivity index (χ1) is 9.38. The summed E-state index contributed by atoms with van der Waals surface area (Å²) in [7, 11) is 0. The van der Waals surface area contributed by atoms with Crippen LogP contribution in [0.5, 0.6) is 0 Å². The van der Waals surface area contributed by atoms with Crippen molar-refractivity contribution >= 4 is 56.4 Å². The maximum atomic E-state index is 13.1. The molecule has 0 saturated heterocycles. The van der Waals surface area contributed by atoms with Crippen LogP contribution >= 0.6 is 39.1 Å². The molecule has 104 valence electrons. The number of hydrogen-bond acceptors (Lipinski definition) is 2. The zero-order valence-electron chi connectivity index (χ0n) is 9.88. The van der Waals surface area contributed by atoms with E-state index in [9.17, 15) is 9.18 Å². The van der Waals surface area contributed by atoms with Crippen LogP contribution < -0.4 is 11.1 Å². The highest BCUT2D eigenvalue weighted by atomic mass is 79.9. The van der Waals surface area contributed by atoms with Crippen molar-refractivity contribution in [2.24, 2.45) is 0 Å². The van der Waals surface area contributed by atoms with Crippen LogP contribution in [0.1, 0.15) is 10.4 Å². The van der Waals surface area contributed by atoms with Crippen molar-refractivity contribution in [2.45, 2.75) is 0 Å². The lowest BCUT2D eigenvalue weighted by molar-refractivity contribution is 0.102. The predicted octanol–water partition coefficient (Wildman–Crippen LogP) is 4.73. The summed E-state index contributed by atoms with van der Waals surface area (Å²) in [6.07, 6.45) is 0. The lowest BCUT2D eigenvalue weighted by Gasteiger charge is -2.11. The molecular formula is C13H8BrCl2FN2O. The average molecular weight is 378 g/mol. The van der Waals surface area contributed by atoms with Gasteiger partial charge in [0.05, 0.1) is 21.3 Å². The van der Waals surface area contributed by atoms with E-state index in [2.05, 4.69) is 21.2 Å². The maximum Gasteiger partial charge on any atom is 0.257 e. The van der Waals surface area contributed by atoms with Gasteiger partial charge in [-0.25, -0.2) is 4.39 Å². The number of halogens is 4. The summed E-state index contributed by atoms with van der Waals surface area (Å²) >= 11 is 15.0. The van der Waals surface area contributed by atoms with Gasteiger partial charge in [-0.3, -0.25) is 4.79 Å². The third-order valence-electron chi connectivity index (χ3n) is 2.48. The standard InChI is InChI=1S/C13H8BrCl2FN2O/c14-9-3-6(17)4-11(16)12(9)19-13(20)8-2-1-7(18)5-10(8)15/h1-5H,18H2,(H,19,20). The first-order valence-electron chi connectivity index (χ1n) is 5.39. The molecule has 1 amide bonds. The van der Waals surface area contributed by atoms with Gasteiger partial charge in [-0.1, -0.05) is 23.2 Å². The summed E-state index contributed by atoms with van der Waals surface area (Å²) in [6, 6.07) is 6.83. The number of amides is 1. The van der Waals surface area contributed by atoms with E-state index in [1.54, 1.807) is 6.07 Å². The van der Waals surface area contributed by atoms with Gasteiger partial charge in [0.2, 0.25) is 0 Å². The number of hydrogen-bond donors (Lipinski definition) is 2. The molecule has 3 N–H and O–H groups in total. The largest absolute Gasteiger partial charge is 0.399 e. The van der Waals surface area contributed by atoms with Crippen LogP contribution in [0.2, 0.25) is 10.0 Å². The molecule has 0 aliphatic heterocycles. The third kappa shape index (κ3) is 3.23. The Hall–Kier alpha value is -1.30. The Kier molecular flexibility index (Phi) is 4.52. The maximum absolute atomic E-state index is 13.1. The summed E-state index contributed by atoms with van der Waals surface area (Å²) in [5.41, 5.74) is 6.52. The van der Waals surface area contributed by atoms with Crippen LogP contribution in [0.3, 0.4) is 0 Å². The number of nitrogens with two attached hydrogens (primary N) is 1. The van der Waals surface area contributed by atoms with Crippen LogP contribution in [0.4, 0.5) is 15.8 Å². The van der Waals surface area contributed by atoms with Gasteiger partial charge in [0.15, 0.2) is 0 Å². The minimum Gasteiger partial charge on any atom is -0.399 e. The molecule has 0 fully saturated rings. The Bertz CT molecular complexity index is 671. The van der Waals surface area contributed by atoms with Crippen molar-refractivity contribution in [3.05, 3.63) is 56.2 Å². The molecular weight excluding hydrogens is 370 g/mol. The number of anilines is 2. The molecule has 0 heterocycles. The van der Waals surface area contributed by atoms with Gasteiger partial charge in [-0.2, -0.15) is 0 Å². The molecule has 0 radical (unpaired) electrons. The second-order valence-electron chi connectivity index (χ2n) is 3.94. The van der Waals surface area contributed by atoms with Crippen LogP contribution in [0.15, 0.2) is 34.8 Å². The van der Waals surface area contributed by atoms with Crippen molar-refractivity contribution in [3.63, 3.8) is 0 Å². The Morgan fingerprint density at radius 1 is 1.20 bits per heavy atom. The van der Waals surface area contributed by atoms with Crippen LogP contribution in [-0.2, 0) is 0 Å². The molecule has 2 aromatic rings. The lowest BCUT2D eigenvalue weighted by atomic mass is 10.2. The zero-order valence-corrected chi connectivity index (χ0v) is 13.0. The summed E-state index contributed by atoms with van der Waals surface area (Å²) in [5.74, 6) is -0.977. The number of benzene rings is 2. The molecule has 0 aromatic heterocycles. The van der Waals surface area contributed by atoms with E-state index in [0.717, 1.165) is 6.07 Å². The number of carbonyl (C=O) groups is 1. The smallest absolute Gasteiger partial charge is 0.257 e. The summed E-state index contributed by atoms with van der Waals surface area (Å²) in [5, 5.41) is 2.87. The molecule has 20 heavy (non-hydrogen) atoms. The molecule has 0 aliphatic rings. The summed E-state index contributed by atoms with van der Waals surface area (Å²) in [4.78, 5) is 12.1. The molecule has 0 spiro atoms. The van der Waals surface area contributed by atoms with E-state index in [4.69, 9.17) is 28.9 Å². The quantitative estimate of drug-likeness (QED) is 0.743. The minimum absolute atomic E-state index is 0.0804. The summed E-state index contributed by atoms with van der Waals surface area (Å²) in [6.45, 7) is 0. The Morgan fingerprint density at radius 3 is 2.50 bits per heavy atom. The van der Waals surface area contributed by atoms with Gasteiger partial charge < -0.3 is 11.1 Å². The van der Waals surface area contributed by atoms with Gasteiger partial charge in [-0.05, 0) is 46.3 Å². The second kappa shape index (κ2) is 5.99. The number of carbonyl (C=O) groups excluding carboxylic acids is 1. The van der Waals surface area contributed by atoms with Crippen molar-refractivity contribution < 1.29 is 9.18 Å². The van der Waals surface area contributed by atoms with Crippen molar-refractivity contribution in [3.8, 4) is 0 Å². The van der Waals surface area contributed by atoms with Gasteiger partial charge in [0.25, 0.3) is 5.91 Å². The molecule has 0 aliphatic carbocycles. The van der Waals surface area contributed by atoms with Crippen molar-refractivity contribution in [2.75, 3.05) is 11.1 Å². The van der Waals surface area contributed by atoms with Crippen LogP contribution in [0, 0.1) is 5.82 Å². The average Bonchev–Trinajstić information content (AvgIpc) is 2.33. The molecule has 0 bridgehead atoms. The third-order valence-corrected chi connectivity index (χ3v) is 3.72. The lowest BCUT2D eigenvalue weighted by Crippen LogP contribution is -2.13. The van der Waals surface area contributed by atoms with E-state index in [1.807, 2.05) is 0 Å². The molecule has 0 saturated carbocycles. The highest BCUT2D eigenvalue weighted by Gasteiger charge is 2.15.